The number of nitriles is 1. The van der Waals surface area contributed by atoms with Gasteiger partial charge in [-0.1, -0.05) is 0 Å². The van der Waals surface area contributed by atoms with Crippen molar-refractivity contribution in [2.24, 2.45) is 0 Å². The van der Waals surface area contributed by atoms with Crippen LogP contribution in [0.15, 0.2) is 12.3 Å². The fraction of sp³-hybridized carbons (Fsp3) is 0.500. The second-order valence-electron chi connectivity index (χ2n) is 6.09. The lowest BCUT2D eigenvalue weighted by atomic mass is 10.1. The van der Waals surface area contributed by atoms with Crippen molar-refractivity contribution in [3.8, 4) is 6.07 Å². The highest BCUT2D eigenvalue weighted by molar-refractivity contribution is 5.89. The van der Waals surface area contributed by atoms with E-state index in [1.54, 1.807) is 12.3 Å². The van der Waals surface area contributed by atoms with Gasteiger partial charge < -0.3 is 16.0 Å². The zero-order valence-corrected chi connectivity index (χ0v) is 13.4. The summed E-state index contributed by atoms with van der Waals surface area (Å²) >= 11 is 0. The van der Waals surface area contributed by atoms with Gasteiger partial charge in [0.05, 0.1) is 0 Å². The Morgan fingerprint density at radius 1 is 1.39 bits per heavy atom. The summed E-state index contributed by atoms with van der Waals surface area (Å²) < 4.78 is 0. The van der Waals surface area contributed by atoms with Crippen LogP contribution in [0.2, 0.25) is 0 Å². The average molecular weight is 311 g/mol. The number of hydrogen-bond acceptors (Lipinski definition) is 7. The van der Waals surface area contributed by atoms with Crippen molar-refractivity contribution in [1.82, 2.24) is 20.3 Å². The van der Waals surface area contributed by atoms with Crippen molar-refractivity contribution in [2.75, 3.05) is 23.7 Å². The van der Waals surface area contributed by atoms with Gasteiger partial charge in [0.1, 0.15) is 17.3 Å². The lowest BCUT2D eigenvalue weighted by molar-refractivity contribution is 0.478. The number of nitrogens with zero attached hydrogens (tertiary/aromatic N) is 4. The van der Waals surface area contributed by atoms with E-state index in [0.717, 1.165) is 36.8 Å². The summed E-state index contributed by atoms with van der Waals surface area (Å²) in [4.78, 5) is 13.3. The molecule has 120 valence electrons. The fourth-order valence-electron chi connectivity index (χ4n) is 2.70. The van der Waals surface area contributed by atoms with Crippen LogP contribution < -0.4 is 16.0 Å². The number of anilines is 2. The third-order valence-corrected chi connectivity index (χ3v) is 3.74. The molecule has 0 unspecified atom stereocenters. The molecular formula is C16H21N7. The monoisotopic (exact) mass is 311 g/mol. The quantitative estimate of drug-likeness (QED) is 0.793. The maximum atomic E-state index is 9.13. The maximum Gasteiger partial charge on any atom is 0.223 e. The third-order valence-electron chi connectivity index (χ3n) is 3.74. The van der Waals surface area contributed by atoms with Crippen LogP contribution in [0.25, 0.3) is 10.9 Å². The van der Waals surface area contributed by atoms with E-state index >= 15 is 0 Å². The van der Waals surface area contributed by atoms with E-state index in [1.807, 2.05) is 13.8 Å². The number of hydrogen-bond donors (Lipinski definition) is 3. The second-order valence-corrected chi connectivity index (χ2v) is 6.09. The van der Waals surface area contributed by atoms with Crippen molar-refractivity contribution in [1.29, 1.82) is 5.26 Å². The Labute approximate surface area is 135 Å². The summed E-state index contributed by atoms with van der Waals surface area (Å²) in [5, 5.41) is 19.9. The van der Waals surface area contributed by atoms with Crippen LogP contribution in [0.3, 0.4) is 0 Å². The van der Waals surface area contributed by atoms with Crippen LogP contribution >= 0.6 is 0 Å². The highest BCUT2D eigenvalue weighted by Gasteiger charge is 2.15. The normalized spacial score (nSPS) is 17.9. The zero-order valence-electron chi connectivity index (χ0n) is 13.4. The molecule has 1 aliphatic heterocycles. The Kier molecular flexibility index (Phi) is 4.53. The minimum absolute atomic E-state index is 0.202. The van der Waals surface area contributed by atoms with Gasteiger partial charge in [-0.05, 0) is 39.3 Å². The Bertz CT molecular complexity index is 729. The molecule has 1 saturated heterocycles. The second kappa shape index (κ2) is 6.75. The smallest absolute Gasteiger partial charge is 0.223 e. The van der Waals surface area contributed by atoms with E-state index < -0.39 is 0 Å². The molecule has 2 aromatic heterocycles. The van der Waals surface area contributed by atoms with Crippen molar-refractivity contribution in [3.63, 3.8) is 0 Å². The molecule has 1 fully saturated rings. The number of nitrogens with one attached hydrogen (secondary N) is 3. The molecule has 0 spiro atoms. The van der Waals surface area contributed by atoms with Crippen LogP contribution in [-0.4, -0.2) is 40.1 Å². The Morgan fingerprint density at radius 3 is 2.96 bits per heavy atom. The molecule has 0 radical (unpaired) electrons. The van der Waals surface area contributed by atoms with Gasteiger partial charge >= 0.3 is 0 Å². The molecule has 3 N–H and O–H groups in total. The molecule has 0 amide bonds. The lowest BCUT2D eigenvalue weighted by Crippen LogP contribution is -2.38. The van der Waals surface area contributed by atoms with Gasteiger partial charge in [-0.15, -0.1) is 0 Å². The van der Waals surface area contributed by atoms with Crippen molar-refractivity contribution in [2.45, 2.75) is 38.8 Å². The topological polar surface area (TPSA) is 98.5 Å². The van der Waals surface area contributed by atoms with E-state index in [1.165, 1.54) is 0 Å². The van der Waals surface area contributed by atoms with Crippen LogP contribution in [0.5, 0.6) is 0 Å². The molecule has 23 heavy (non-hydrogen) atoms. The first-order valence-electron chi connectivity index (χ1n) is 7.97. The summed E-state index contributed by atoms with van der Waals surface area (Å²) in [5.41, 5.74) is 1.10. The molecule has 7 heteroatoms. The van der Waals surface area contributed by atoms with Gasteiger partial charge in [-0.25, -0.2) is 15.0 Å². The van der Waals surface area contributed by atoms with Crippen LogP contribution in [-0.2, 0) is 0 Å². The van der Waals surface area contributed by atoms with Crippen molar-refractivity contribution < 1.29 is 0 Å². The predicted molar refractivity (Wildman–Crippen MR) is 90.3 cm³/mol. The zero-order chi connectivity index (χ0) is 16.2. The number of aromatic nitrogens is 3. The summed E-state index contributed by atoms with van der Waals surface area (Å²) in [6.07, 6.45) is 4.00. The first-order valence-corrected chi connectivity index (χ1v) is 7.97. The highest BCUT2D eigenvalue weighted by Crippen LogP contribution is 2.22. The van der Waals surface area contributed by atoms with Crippen LogP contribution in [0.4, 0.5) is 11.8 Å². The van der Waals surface area contributed by atoms with E-state index in [4.69, 9.17) is 5.26 Å². The standard InChI is InChI=1S/C16H21N7/c1-10(2)20-15-14-11(6-13(7-17)21-15)8-19-16(23-14)22-12-4-3-5-18-9-12/h6,8,10,12,18H,3-5,9H2,1-2H3,(H,20,21)(H,19,22,23)/t12-/m0/s1. The molecule has 0 saturated carbocycles. The molecule has 3 heterocycles. The summed E-state index contributed by atoms with van der Waals surface area (Å²) in [6, 6.07) is 4.34. The lowest BCUT2D eigenvalue weighted by Gasteiger charge is -2.23. The third kappa shape index (κ3) is 3.66. The largest absolute Gasteiger partial charge is 0.366 e. The fourth-order valence-corrected chi connectivity index (χ4v) is 2.70. The summed E-state index contributed by atoms with van der Waals surface area (Å²) in [7, 11) is 0. The molecule has 1 atom stereocenters. The Balaban J connectivity index is 1.94. The summed E-state index contributed by atoms with van der Waals surface area (Å²) in [5.74, 6) is 1.23. The van der Waals surface area contributed by atoms with E-state index in [9.17, 15) is 0 Å². The van der Waals surface area contributed by atoms with Crippen LogP contribution in [0, 0.1) is 11.3 Å². The minimum atomic E-state index is 0.202. The minimum Gasteiger partial charge on any atom is -0.366 e. The molecule has 3 rings (SSSR count). The Morgan fingerprint density at radius 2 is 2.26 bits per heavy atom. The number of piperidine rings is 1. The van der Waals surface area contributed by atoms with Crippen molar-refractivity contribution >= 4 is 22.7 Å². The first-order chi connectivity index (χ1) is 11.2. The molecule has 0 aromatic carbocycles. The number of pyridine rings is 1. The van der Waals surface area contributed by atoms with Gasteiger partial charge in [0.2, 0.25) is 5.95 Å². The van der Waals surface area contributed by atoms with E-state index in [0.29, 0.717) is 23.5 Å². The molecule has 2 aromatic rings. The average Bonchev–Trinajstić information content (AvgIpc) is 2.55. The molecule has 0 bridgehead atoms. The van der Waals surface area contributed by atoms with Crippen LogP contribution in [0.1, 0.15) is 32.4 Å². The molecule has 1 aliphatic rings. The van der Waals surface area contributed by atoms with Gasteiger partial charge in [0, 0.05) is 30.2 Å². The van der Waals surface area contributed by atoms with E-state index in [2.05, 4.69) is 37.0 Å². The highest BCUT2D eigenvalue weighted by atomic mass is 15.1. The maximum absolute atomic E-state index is 9.13. The Hall–Kier alpha value is -2.46. The molecular weight excluding hydrogens is 290 g/mol. The number of rotatable bonds is 4. The first kappa shape index (κ1) is 15.4. The van der Waals surface area contributed by atoms with Crippen molar-refractivity contribution in [3.05, 3.63) is 18.0 Å². The SMILES string of the molecule is CC(C)Nc1nc(C#N)cc2cnc(N[C@H]3CCCNC3)nc12. The van der Waals surface area contributed by atoms with E-state index in [-0.39, 0.29) is 6.04 Å². The summed E-state index contributed by atoms with van der Waals surface area (Å²) in [6.45, 7) is 6.05. The van der Waals surface area contributed by atoms with Gasteiger partial charge in [0.25, 0.3) is 0 Å². The molecule has 7 nitrogen and oxygen atoms in total. The van der Waals surface area contributed by atoms with Gasteiger partial charge in [-0.3, -0.25) is 0 Å². The van der Waals surface area contributed by atoms with Gasteiger partial charge in [-0.2, -0.15) is 5.26 Å². The van der Waals surface area contributed by atoms with Gasteiger partial charge in [0.15, 0.2) is 5.82 Å². The molecule has 0 aliphatic carbocycles. The predicted octanol–water partition coefficient (Wildman–Crippen LogP) is 1.88. The number of fused-ring (bicyclic) bond motifs is 1.